The first-order valence-corrected chi connectivity index (χ1v) is 6.33. The van der Waals surface area contributed by atoms with E-state index in [0.29, 0.717) is 11.8 Å². The third-order valence-electron chi connectivity index (χ3n) is 3.18. The van der Waals surface area contributed by atoms with E-state index in [1.54, 1.807) is 0 Å². The van der Waals surface area contributed by atoms with Crippen LogP contribution in [-0.4, -0.2) is 16.5 Å². The van der Waals surface area contributed by atoms with Crippen LogP contribution in [0.5, 0.6) is 0 Å². The van der Waals surface area contributed by atoms with Crippen LogP contribution in [0.3, 0.4) is 0 Å². The molecule has 1 aromatic rings. The molecule has 0 spiro atoms. The predicted molar refractivity (Wildman–Crippen MR) is 66.9 cm³/mol. The van der Waals surface area contributed by atoms with Crippen molar-refractivity contribution in [1.82, 2.24) is 9.97 Å². The highest BCUT2D eigenvalue weighted by atomic mass is 15.0. The van der Waals surface area contributed by atoms with E-state index in [-0.39, 0.29) is 0 Å². The summed E-state index contributed by atoms with van der Waals surface area (Å²) in [6, 6.07) is 2.08. The van der Waals surface area contributed by atoms with E-state index >= 15 is 0 Å². The van der Waals surface area contributed by atoms with E-state index in [1.807, 2.05) is 0 Å². The van der Waals surface area contributed by atoms with Gasteiger partial charge in [-0.15, -0.1) is 0 Å². The molecule has 0 aliphatic heterocycles. The zero-order chi connectivity index (χ0) is 11.5. The van der Waals surface area contributed by atoms with Crippen molar-refractivity contribution in [2.24, 2.45) is 0 Å². The normalized spacial score (nSPS) is 16.2. The monoisotopic (exact) mass is 219 g/mol. The van der Waals surface area contributed by atoms with Crippen LogP contribution in [0.4, 0.5) is 5.82 Å². The number of aromatic nitrogens is 2. The summed E-state index contributed by atoms with van der Waals surface area (Å²) >= 11 is 0. The fraction of sp³-hybridized carbons (Fsp3) is 0.692. The molecule has 1 fully saturated rings. The van der Waals surface area contributed by atoms with Gasteiger partial charge in [-0.2, -0.15) is 0 Å². The smallest absolute Gasteiger partial charge is 0.134 e. The third kappa shape index (κ3) is 2.34. The number of hydrogen-bond donors (Lipinski definition) is 1. The summed E-state index contributed by atoms with van der Waals surface area (Å²) in [4.78, 5) is 9.29. The molecule has 1 N–H and O–H groups in total. The maximum Gasteiger partial charge on any atom is 0.134 e. The molecule has 88 valence electrons. The molecular weight excluding hydrogens is 198 g/mol. The predicted octanol–water partition coefficient (Wildman–Crippen LogP) is 3.30. The van der Waals surface area contributed by atoms with Crippen molar-refractivity contribution in [1.29, 1.82) is 0 Å². The topological polar surface area (TPSA) is 37.8 Å². The second-order valence-electron chi connectivity index (χ2n) is 4.85. The van der Waals surface area contributed by atoms with Gasteiger partial charge in [0, 0.05) is 24.2 Å². The zero-order valence-electron chi connectivity index (χ0n) is 10.5. The molecule has 0 radical (unpaired) electrons. The van der Waals surface area contributed by atoms with Crippen LogP contribution in [0.1, 0.15) is 63.4 Å². The van der Waals surface area contributed by atoms with Crippen molar-refractivity contribution in [3.63, 3.8) is 0 Å². The molecule has 1 aromatic heterocycles. The van der Waals surface area contributed by atoms with Crippen LogP contribution in [0, 0.1) is 0 Å². The minimum atomic E-state index is 0.472. The van der Waals surface area contributed by atoms with E-state index in [1.165, 1.54) is 19.3 Å². The van der Waals surface area contributed by atoms with Crippen molar-refractivity contribution in [3.8, 4) is 0 Å². The van der Waals surface area contributed by atoms with E-state index in [9.17, 15) is 0 Å². The zero-order valence-corrected chi connectivity index (χ0v) is 10.5. The van der Waals surface area contributed by atoms with Gasteiger partial charge in [0.25, 0.3) is 0 Å². The van der Waals surface area contributed by atoms with Crippen molar-refractivity contribution in [3.05, 3.63) is 17.6 Å². The Kier molecular flexibility index (Phi) is 3.42. The van der Waals surface area contributed by atoms with Gasteiger partial charge in [-0.25, -0.2) is 9.97 Å². The van der Waals surface area contributed by atoms with E-state index in [2.05, 4.69) is 42.1 Å². The molecule has 3 heteroatoms. The van der Waals surface area contributed by atoms with E-state index in [4.69, 9.17) is 0 Å². The molecule has 0 aromatic carbocycles. The molecule has 1 aliphatic carbocycles. The molecule has 16 heavy (non-hydrogen) atoms. The van der Waals surface area contributed by atoms with Crippen LogP contribution in [-0.2, 0) is 0 Å². The fourth-order valence-electron chi connectivity index (χ4n) is 1.90. The Morgan fingerprint density at radius 1 is 1.38 bits per heavy atom. The average molecular weight is 219 g/mol. The Morgan fingerprint density at radius 3 is 2.62 bits per heavy atom. The number of rotatable bonds is 4. The number of hydrogen-bond acceptors (Lipinski definition) is 3. The Morgan fingerprint density at radius 2 is 2.12 bits per heavy atom. The highest BCUT2D eigenvalue weighted by Gasteiger charge is 2.23. The second kappa shape index (κ2) is 4.81. The van der Waals surface area contributed by atoms with Gasteiger partial charge >= 0.3 is 0 Å². The Hall–Kier alpha value is -1.12. The highest BCUT2D eigenvalue weighted by Crippen LogP contribution is 2.35. The van der Waals surface area contributed by atoms with Gasteiger partial charge in [0.1, 0.15) is 11.6 Å². The van der Waals surface area contributed by atoms with E-state index < -0.39 is 0 Å². The van der Waals surface area contributed by atoms with Crippen LogP contribution >= 0.6 is 0 Å². The van der Waals surface area contributed by atoms with Gasteiger partial charge in [0.15, 0.2) is 0 Å². The Labute approximate surface area is 97.7 Å². The van der Waals surface area contributed by atoms with Gasteiger partial charge in [-0.3, -0.25) is 0 Å². The quantitative estimate of drug-likeness (QED) is 0.844. The minimum Gasteiger partial charge on any atom is -0.370 e. The largest absolute Gasteiger partial charge is 0.370 e. The molecule has 1 aliphatic rings. The molecule has 0 saturated heterocycles. The first-order valence-electron chi connectivity index (χ1n) is 6.33. The summed E-state index contributed by atoms with van der Waals surface area (Å²) in [5.74, 6) is 3.12. The van der Waals surface area contributed by atoms with Gasteiger partial charge in [-0.05, 0) is 25.7 Å². The summed E-state index contributed by atoms with van der Waals surface area (Å²) in [6.07, 6.45) is 3.84. The fourth-order valence-corrected chi connectivity index (χ4v) is 1.90. The summed E-state index contributed by atoms with van der Waals surface area (Å²) in [5.41, 5.74) is 1.16. The number of nitrogens with zero attached hydrogens (tertiary/aromatic N) is 2. The van der Waals surface area contributed by atoms with Crippen molar-refractivity contribution < 1.29 is 0 Å². The van der Waals surface area contributed by atoms with Crippen LogP contribution in [0.25, 0.3) is 0 Å². The highest BCUT2D eigenvalue weighted by molar-refractivity contribution is 5.37. The molecule has 0 bridgehead atoms. The van der Waals surface area contributed by atoms with Crippen molar-refractivity contribution in [2.75, 3.05) is 11.9 Å². The first kappa shape index (κ1) is 11.4. The first-order chi connectivity index (χ1) is 7.70. The van der Waals surface area contributed by atoms with Crippen molar-refractivity contribution in [2.45, 2.75) is 51.9 Å². The second-order valence-corrected chi connectivity index (χ2v) is 4.85. The van der Waals surface area contributed by atoms with Crippen molar-refractivity contribution >= 4 is 5.82 Å². The minimum absolute atomic E-state index is 0.472. The lowest BCUT2D eigenvalue weighted by atomic mass is 9.84. The van der Waals surface area contributed by atoms with Crippen LogP contribution in [0.15, 0.2) is 6.07 Å². The maximum absolute atomic E-state index is 4.69. The van der Waals surface area contributed by atoms with Gasteiger partial charge < -0.3 is 5.32 Å². The van der Waals surface area contributed by atoms with Crippen LogP contribution in [0.2, 0.25) is 0 Å². The summed E-state index contributed by atoms with van der Waals surface area (Å²) in [7, 11) is 0. The average Bonchev–Trinajstić information content (AvgIpc) is 2.15. The standard InChI is InChI=1S/C13H21N3/c1-4-14-12-8-11(9(2)3)15-13(16-12)10-6-5-7-10/h8-10H,4-7H2,1-3H3,(H,14,15,16). The molecule has 0 unspecified atom stereocenters. The third-order valence-corrected chi connectivity index (χ3v) is 3.18. The maximum atomic E-state index is 4.69. The summed E-state index contributed by atoms with van der Waals surface area (Å²) < 4.78 is 0. The number of anilines is 1. The Balaban J connectivity index is 2.28. The molecule has 1 heterocycles. The summed E-state index contributed by atoms with van der Waals surface area (Å²) in [5, 5.41) is 3.30. The van der Waals surface area contributed by atoms with Gasteiger partial charge in [0.05, 0.1) is 0 Å². The lowest BCUT2D eigenvalue weighted by Crippen LogP contribution is -2.15. The molecule has 1 saturated carbocycles. The molecule has 0 atom stereocenters. The Bertz CT molecular complexity index is 356. The van der Waals surface area contributed by atoms with Gasteiger partial charge in [0.2, 0.25) is 0 Å². The SMILES string of the molecule is CCNc1cc(C(C)C)nc(C2CCC2)n1. The van der Waals surface area contributed by atoms with E-state index in [0.717, 1.165) is 23.9 Å². The molecule has 0 amide bonds. The molecule has 3 nitrogen and oxygen atoms in total. The number of nitrogens with one attached hydrogen (secondary N) is 1. The summed E-state index contributed by atoms with van der Waals surface area (Å²) in [6.45, 7) is 7.38. The molecule has 2 rings (SSSR count). The lowest BCUT2D eigenvalue weighted by molar-refractivity contribution is 0.400. The van der Waals surface area contributed by atoms with Gasteiger partial charge in [-0.1, -0.05) is 20.3 Å². The lowest BCUT2D eigenvalue weighted by Gasteiger charge is -2.25. The van der Waals surface area contributed by atoms with Crippen LogP contribution < -0.4 is 5.32 Å². The molecular formula is C13H21N3.